The van der Waals surface area contributed by atoms with Gasteiger partial charge in [0.2, 0.25) is 0 Å². The summed E-state index contributed by atoms with van der Waals surface area (Å²) >= 11 is 0. The monoisotopic (exact) mass is 315 g/mol. The van der Waals surface area contributed by atoms with Gasteiger partial charge in [-0.05, 0) is 45.0 Å². The first-order valence-corrected chi connectivity index (χ1v) is 7.82. The Morgan fingerprint density at radius 1 is 1.35 bits per heavy atom. The molecule has 0 aliphatic carbocycles. The van der Waals surface area contributed by atoms with E-state index in [1.807, 2.05) is 45.0 Å². The standard InChI is InChI=1S/C18H25N3O2/c1-13(2)12-20-18(19-10-9-16-6-5-11-22-16)21-15(4)17-8-7-14(3)23-17/h5-8,11,15H,1,9-10,12H2,2-4H3,(H2,19,20,21). The smallest absolute Gasteiger partial charge is 0.192 e. The molecule has 0 aliphatic heterocycles. The van der Waals surface area contributed by atoms with Gasteiger partial charge in [0.15, 0.2) is 5.96 Å². The number of hydrogen-bond donors (Lipinski definition) is 2. The topological polar surface area (TPSA) is 62.7 Å². The lowest BCUT2D eigenvalue weighted by Gasteiger charge is -2.17. The van der Waals surface area contributed by atoms with E-state index in [0.29, 0.717) is 6.54 Å². The number of aliphatic imine (C=N–C) groups is 1. The minimum atomic E-state index is 0.0312. The zero-order valence-electron chi connectivity index (χ0n) is 14.1. The molecule has 2 aromatic rings. The Labute approximate surface area is 137 Å². The van der Waals surface area contributed by atoms with Gasteiger partial charge in [0.1, 0.15) is 17.3 Å². The number of furan rings is 2. The summed E-state index contributed by atoms with van der Waals surface area (Å²) in [6, 6.07) is 7.83. The van der Waals surface area contributed by atoms with Gasteiger partial charge in [0.25, 0.3) is 0 Å². The second-order valence-electron chi connectivity index (χ2n) is 5.69. The number of aryl methyl sites for hydroxylation is 1. The second kappa shape index (κ2) is 8.27. The van der Waals surface area contributed by atoms with Crippen LogP contribution in [0.4, 0.5) is 0 Å². The van der Waals surface area contributed by atoms with Crippen LogP contribution in [0.15, 0.2) is 56.5 Å². The van der Waals surface area contributed by atoms with Crippen molar-refractivity contribution in [2.75, 3.05) is 13.1 Å². The van der Waals surface area contributed by atoms with Crippen LogP contribution in [0.25, 0.3) is 0 Å². The van der Waals surface area contributed by atoms with Crippen molar-refractivity contribution in [2.24, 2.45) is 4.99 Å². The molecule has 0 spiro atoms. The lowest BCUT2D eigenvalue weighted by molar-refractivity contribution is 0.441. The van der Waals surface area contributed by atoms with Crippen molar-refractivity contribution >= 4 is 5.96 Å². The molecule has 0 saturated heterocycles. The molecule has 1 unspecified atom stereocenters. The summed E-state index contributed by atoms with van der Waals surface area (Å²) in [5.41, 5.74) is 1.01. The summed E-state index contributed by atoms with van der Waals surface area (Å²) in [5, 5.41) is 6.67. The third kappa shape index (κ3) is 5.70. The SMILES string of the molecule is C=C(C)CN=C(NCCc1ccco1)NC(C)c1ccc(C)o1. The lowest BCUT2D eigenvalue weighted by Crippen LogP contribution is -2.39. The summed E-state index contributed by atoms with van der Waals surface area (Å²) in [6.07, 6.45) is 2.49. The molecular formula is C18H25N3O2. The zero-order chi connectivity index (χ0) is 16.7. The number of hydrogen-bond acceptors (Lipinski definition) is 3. The van der Waals surface area contributed by atoms with Crippen LogP contribution >= 0.6 is 0 Å². The Bertz CT molecular complexity index is 641. The molecule has 0 aliphatic rings. The summed E-state index contributed by atoms with van der Waals surface area (Å²) in [4.78, 5) is 4.54. The van der Waals surface area contributed by atoms with E-state index in [9.17, 15) is 0 Å². The average Bonchev–Trinajstić information content (AvgIpc) is 3.16. The van der Waals surface area contributed by atoms with Crippen molar-refractivity contribution in [1.82, 2.24) is 10.6 Å². The summed E-state index contributed by atoms with van der Waals surface area (Å²) in [7, 11) is 0. The van der Waals surface area contributed by atoms with E-state index in [2.05, 4.69) is 22.2 Å². The Kier molecular flexibility index (Phi) is 6.09. The van der Waals surface area contributed by atoms with E-state index in [1.54, 1.807) is 6.26 Å². The predicted octanol–water partition coefficient (Wildman–Crippen LogP) is 3.60. The van der Waals surface area contributed by atoms with E-state index in [-0.39, 0.29) is 6.04 Å². The van der Waals surface area contributed by atoms with Crippen molar-refractivity contribution in [3.05, 3.63) is 60.0 Å². The van der Waals surface area contributed by atoms with Crippen LogP contribution in [0.1, 0.15) is 37.2 Å². The molecule has 23 heavy (non-hydrogen) atoms. The van der Waals surface area contributed by atoms with E-state index in [4.69, 9.17) is 8.83 Å². The van der Waals surface area contributed by atoms with Gasteiger partial charge in [-0.3, -0.25) is 0 Å². The molecule has 5 heteroatoms. The van der Waals surface area contributed by atoms with Crippen molar-refractivity contribution in [1.29, 1.82) is 0 Å². The summed E-state index contributed by atoms with van der Waals surface area (Å²) < 4.78 is 11.0. The van der Waals surface area contributed by atoms with E-state index >= 15 is 0 Å². The van der Waals surface area contributed by atoms with Crippen LogP contribution in [0.5, 0.6) is 0 Å². The van der Waals surface area contributed by atoms with Gasteiger partial charge in [0.05, 0.1) is 18.8 Å². The third-order valence-electron chi connectivity index (χ3n) is 3.29. The van der Waals surface area contributed by atoms with E-state index in [1.165, 1.54) is 0 Å². The van der Waals surface area contributed by atoms with Crippen LogP contribution in [-0.4, -0.2) is 19.0 Å². The highest BCUT2D eigenvalue weighted by atomic mass is 16.3. The van der Waals surface area contributed by atoms with Gasteiger partial charge >= 0.3 is 0 Å². The molecular weight excluding hydrogens is 290 g/mol. The quantitative estimate of drug-likeness (QED) is 0.465. The first-order chi connectivity index (χ1) is 11.0. The van der Waals surface area contributed by atoms with Crippen molar-refractivity contribution in [2.45, 2.75) is 33.2 Å². The number of nitrogens with zero attached hydrogens (tertiary/aromatic N) is 1. The maximum Gasteiger partial charge on any atom is 0.192 e. The van der Waals surface area contributed by atoms with Gasteiger partial charge in [0, 0.05) is 13.0 Å². The Morgan fingerprint density at radius 2 is 2.17 bits per heavy atom. The highest BCUT2D eigenvalue weighted by molar-refractivity contribution is 5.80. The molecule has 5 nitrogen and oxygen atoms in total. The maximum atomic E-state index is 5.66. The molecule has 0 bridgehead atoms. The molecule has 0 saturated carbocycles. The normalized spacial score (nSPS) is 12.9. The molecule has 0 fully saturated rings. The molecule has 0 amide bonds. The predicted molar refractivity (Wildman–Crippen MR) is 92.5 cm³/mol. The van der Waals surface area contributed by atoms with E-state index in [0.717, 1.165) is 41.8 Å². The van der Waals surface area contributed by atoms with Crippen molar-refractivity contribution in [3.8, 4) is 0 Å². The molecule has 0 radical (unpaired) electrons. The van der Waals surface area contributed by atoms with Crippen molar-refractivity contribution < 1.29 is 8.83 Å². The van der Waals surface area contributed by atoms with Gasteiger partial charge in [-0.25, -0.2) is 4.99 Å². The highest BCUT2D eigenvalue weighted by Crippen LogP contribution is 2.15. The molecule has 2 N–H and O–H groups in total. The largest absolute Gasteiger partial charge is 0.469 e. The molecule has 2 aromatic heterocycles. The molecule has 124 valence electrons. The fourth-order valence-electron chi connectivity index (χ4n) is 2.09. The zero-order valence-corrected chi connectivity index (χ0v) is 14.1. The lowest BCUT2D eigenvalue weighted by atomic mass is 10.2. The minimum absolute atomic E-state index is 0.0312. The number of guanidine groups is 1. The van der Waals surface area contributed by atoms with Crippen LogP contribution in [0.2, 0.25) is 0 Å². The Balaban J connectivity index is 1.93. The fraction of sp³-hybridized carbons (Fsp3) is 0.389. The minimum Gasteiger partial charge on any atom is -0.469 e. The van der Waals surface area contributed by atoms with Crippen LogP contribution in [0, 0.1) is 6.92 Å². The van der Waals surface area contributed by atoms with Crippen LogP contribution in [-0.2, 0) is 6.42 Å². The first kappa shape index (κ1) is 16.9. The summed E-state index contributed by atoms with van der Waals surface area (Å²) in [5.74, 6) is 3.48. The fourth-order valence-corrected chi connectivity index (χ4v) is 2.09. The molecule has 1 atom stereocenters. The van der Waals surface area contributed by atoms with Crippen LogP contribution < -0.4 is 10.6 Å². The molecule has 2 rings (SSSR count). The number of rotatable bonds is 7. The van der Waals surface area contributed by atoms with Crippen molar-refractivity contribution in [3.63, 3.8) is 0 Å². The van der Waals surface area contributed by atoms with Gasteiger partial charge in [-0.1, -0.05) is 12.2 Å². The third-order valence-corrected chi connectivity index (χ3v) is 3.29. The average molecular weight is 315 g/mol. The number of nitrogens with one attached hydrogen (secondary N) is 2. The molecule has 0 aromatic carbocycles. The highest BCUT2D eigenvalue weighted by Gasteiger charge is 2.11. The maximum absolute atomic E-state index is 5.66. The van der Waals surface area contributed by atoms with Crippen LogP contribution in [0.3, 0.4) is 0 Å². The van der Waals surface area contributed by atoms with E-state index < -0.39 is 0 Å². The summed E-state index contributed by atoms with van der Waals surface area (Å²) in [6.45, 7) is 11.2. The Morgan fingerprint density at radius 3 is 2.78 bits per heavy atom. The second-order valence-corrected chi connectivity index (χ2v) is 5.69. The first-order valence-electron chi connectivity index (χ1n) is 7.82. The van der Waals surface area contributed by atoms with Gasteiger partial charge in [-0.2, -0.15) is 0 Å². The van der Waals surface area contributed by atoms with Gasteiger partial charge in [-0.15, -0.1) is 0 Å². The molecule has 2 heterocycles. The van der Waals surface area contributed by atoms with Gasteiger partial charge < -0.3 is 19.5 Å². The Hall–Kier alpha value is -2.43.